The number of hydrogen-bond acceptors (Lipinski definition) is 7. The van der Waals surface area contributed by atoms with Crippen LogP contribution in [0.25, 0.3) is 22.0 Å². The molecule has 3 saturated heterocycles. The Morgan fingerprint density at radius 2 is 2.02 bits per heavy atom. The molecule has 0 N–H and O–H groups in total. The predicted octanol–water partition coefficient (Wildman–Crippen LogP) is 3.60. The standard InChI is InChI=1S/C30H31F2N5O3S/c1-3-25(38)34-6-8-35(9-7-34)29-23-10-17(2)26(22-5-4-18(31)11-24(22)32)28-27(23)37(30(39)33-29)20(16-41-28)13-36-14-21-12-19(36)15-40-21/h3-5,10-11,19-21H,1,6-9,12-16H2,2H3/t19-,20-,21-/m0/s1. The molecule has 4 aliphatic rings. The van der Waals surface area contributed by atoms with Gasteiger partial charge in [0, 0.05) is 78.5 Å². The summed E-state index contributed by atoms with van der Waals surface area (Å²) in [4.78, 5) is 37.7. The van der Waals surface area contributed by atoms with Crippen LogP contribution < -0.4 is 10.6 Å². The molecule has 3 atom stereocenters. The molecule has 2 aromatic carbocycles. The molecule has 214 valence electrons. The molecule has 0 aliphatic carbocycles. The van der Waals surface area contributed by atoms with Gasteiger partial charge >= 0.3 is 5.69 Å². The Morgan fingerprint density at radius 1 is 1.22 bits per heavy atom. The number of carbonyl (C=O) groups excluding carboxylic acids is 1. The van der Waals surface area contributed by atoms with Gasteiger partial charge in [0.2, 0.25) is 5.91 Å². The fourth-order valence-electron chi connectivity index (χ4n) is 6.86. The first kappa shape index (κ1) is 26.6. The topological polar surface area (TPSA) is 70.9 Å². The molecule has 11 heteroatoms. The number of ether oxygens (including phenoxy) is 1. The van der Waals surface area contributed by atoms with E-state index in [0.717, 1.165) is 47.0 Å². The van der Waals surface area contributed by atoms with Crippen LogP contribution in [0.3, 0.4) is 0 Å². The summed E-state index contributed by atoms with van der Waals surface area (Å²) in [5, 5.41) is 0.829. The van der Waals surface area contributed by atoms with Gasteiger partial charge in [-0.15, -0.1) is 11.8 Å². The van der Waals surface area contributed by atoms with Crippen LogP contribution in [0.5, 0.6) is 0 Å². The van der Waals surface area contributed by atoms with E-state index in [-0.39, 0.29) is 23.7 Å². The van der Waals surface area contributed by atoms with Crippen molar-refractivity contribution in [1.29, 1.82) is 0 Å². The highest BCUT2D eigenvalue weighted by Crippen LogP contribution is 2.47. The van der Waals surface area contributed by atoms with Crippen molar-refractivity contribution in [2.24, 2.45) is 0 Å². The van der Waals surface area contributed by atoms with E-state index in [1.54, 1.807) is 21.2 Å². The SMILES string of the molecule is C=CC(=O)N1CCN(c2nc(=O)n3c4c(c(-c5ccc(F)cc5F)c(C)cc24)SC[C@@H]3CN2C[C@@H]3C[C@H]2CO3)CC1. The molecule has 0 spiro atoms. The molecule has 2 bridgehead atoms. The van der Waals surface area contributed by atoms with E-state index in [0.29, 0.717) is 61.5 Å². The molecule has 7 rings (SSSR count). The first-order valence-corrected chi connectivity index (χ1v) is 15.0. The molecule has 8 nitrogen and oxygen atoms in total. The Balaban J connectivity index is 1.37. The summed E-state index contributed by atoms with van der Waals surface area (Å²) in [6.45, 7) is 9.85. The number of thioether (sulfide) groups is 1. The highest BCUT2D eigenvalue weighted by Gasteiger charge is 2.41. The third kappa shape index (κ3) is 4.45. The number of hydrogen-bond donors (Lipinski definition) is 0. The van der Waals surface area contributed by atoms with Crippen molar-refractivity contribution in [1.82, 2.24) is 19.4 Å². The number of aromatic nitrogens is 2. The smallest absolute Gasteiger partial charge is 0.350 e. The summed E-state index contributed by atoms with van der Waals surface area (Å²) < 4.78 is 36.6. The number of morpholine rings is 1. The molecular formula is C30H31F2N5O3S. The first-order chi connectivity index (χ1) is 19.8. The number of halogens is 2. The Labute approximate surface area is 240 Å². The summed E-state index contributed by atoms with van der Waals surface area (Å²) in [5.41, 5.74) is 2.23. The fraction of sp³-hybridized carbons (Fsp3) is 0.433. The van der Waals surface area contributed by atoms with Gasteiger partial charge in [0.05, 0.1) is 24.3 Å². The first-order valence-electron chi connectivity index (χ1n) is 14.0. The number of amides is 1. The van der Waals surface area contributed by atoms with Gasteiger partial charge in [-0.05, 0) is 43.2 Å². The molecule has 0 saturated carbocycles. The van der Waals surface area contributed by atoms with Crippen molar-refractivity contribution in [3.05, 3.63) is 64.6 Å². The number of rotatable bonds is 5. The van der Waals surface area contributed by atoms with Crippen LogP contribution in [0.15, 0.2) is 46.6 Å². The molecule has 0 unspecified atom stereocenters. The Kier molecular flexibility index (Phi) is 6.63. The quantitative estimate of drug-likeness (QED) is 0.428. The fourth-order valence-corrected chi connectivity index (χ4v) is 8.24. The Bertz CT molecular complexity index is 1640. The highest BCUT2D eigenvalue weighted by atomic mass is 32.2. The van der Waals surface area contributed by atoms with Crippen LogP contribution >= 0.6 is 11.8 Å². The van der Waals surface area contributed by atoms with Gasteiger partial charge in [-0.1, -0.05) is 6.58 Å². The van der Waals surface area contributed by atoms with Crippen LogP contribution in [0.4, 0.5) is 14.6 Å². The minimum atomic E-state index is -0.634. The molecule has 1 aromatic heterocycles. The second-order valence-corrected chi connectivity index (χ2v) is 12.3. The second-order valence-electron chi connectivity index (χ2n) is 11.3. The van der Waals surface area contributed by atoms with Crippen LogP contribution in [0, 0.1) is 18.6 Å². The molecule has 0 radical (unpaired) electrons. The number of piperazine rings is 1. The second kappa shape index (κ2) is 10.2. The minimum Gasteiger partial charge on any atom is -0.375 e. The number of carbonyl (C=O) groups is 1. The van der Waals surface area contributed by atoms with Crippen LogP contribution in [-0.2, 0) is 9.53 Å². The molecule has 5 heterocycles. The zero-order valence-electron chi connectivity index (χ0n) is 22.8. The van der Waals surface area contributed by atoms with Crippen molar-refractivity contribution in [2.45, 2.75) is 36.4 Å². The van der Waals surface area contributed by atoms with E-state index < -0.39 is 11.6 Å². The monoisotopic (exact) mass is 579 g/mol. The molecule has 3 fully saturated rings. The van der Waals surface area contributed by atoms with Gasteiger partial charge in [0.15, 0.2) is 0 Å². The van der Waals surface area contributed by atoms with Crippen molar-refractivity contribution in [3.8, 4) is 11.1 Å². The van der Waals surface area contributed by atoms with Crippen LogP contribution in [-0.4, -0.2) is 89.0 Å². The van der Waals surface area contributed by atoms with E-state index in [9.17, 15) is 14.0 Å². The molecule has 4 aliphatic heterocycles. The van der Waals surface area contributed by atoms with E-state index >= 15 is 4.39 Å². The number of aryl methyl sites for hydroxylation is 1. The lowest BCUT2D eigenvalue weighted by Gasteiger charge is -2.37. The average molecular weight is 580 g/mol. The van der Waals surface area contributed by atoms with E-state index in [1.165, 1.54) is 18.2 Å². The maximum atomic E-state index is 15.2. The lowest BCUT2D eigenvalue weighted by atomic mass is 9.96. The zero-order chi connectivity index (χ0) is 28.4. The van der Waals surface area contributed by atoms with E-state index in [4.69, 9.17) is 4.74 Å². The van der Waals surface area contributed by atoms with Gasteiger partial charge in [0.1, 0.15) is 17.5 Å². The lowest BCUT2D eigenvalue weighted by molar-refractivity contribution is -0.126. The average Bonchev–Trinajstić information content (AvgIpc) is 3.59. The maximum absolute atomic E-state index is 15.2. The number of fused-ring (bicyclic) bond motifs is 2. The normalized spacial score (nSPS) is 23.9. The zero-order valence-corrected chi connectivity index (χ0v) is 23.6. The summed E-state index contributed by atoms with van der Waals surface area (Å²) >= 11 is 1.62. The Morgan fingerprint density at radius 3 is 2.71 bits per heavy atom. The molecule has 41 heavy (non-hydrogen) atoms. The van der Waals surface area contributed by atoms with Crippen molar-refractivity contribution >= 4 is 34.4 Å². The van der Waals surface area contributed by atoms with Gasteiger partial charge in [-0.3, -0.25) is 14.3 Å². The van der Waals surface area contributed by atoms with Crippen molar-refractivity contribution < 1.29 is 18.3 Å². The summed E-state index contributed by atoms with van der Waals surface area (Å²) in [5.74, 6) is -0.161. The van der Waals surface area contributed by atoms with E-state index in [2.05, 4.69) is 21.4 Å². The minimum absolute atomic E-state index is 0.112. The summed E-state index contributed by atoms with van der Waals surface area (Å²) in [7, 11) is 0. The van der Waals surface area contributed by atoms with Gasteiger partial charge in [-0.25, -0.2) is 13.6 Å². The van der Waals surface area contributed by atoms with E-state index in [1.807, 2.05) is 13.0 Å². The van der Waals surface area contributed by atoms with Crippen LogP contribution in [0.2, 0.25) is 0 Å². The number of anilines is 1. The predicted molar refractivity (Wildman–Crippen MR) is 155 cm³/mol. The summed E-state index contributed by atoms with van der Waals surface area (Å²) in [6, 6.07) is 5.88. The molecular weight excluding hydrogens is 548 g/mol. The van der Waals surface area contributed by atoms with Gasteiger partial charge in [0.25, 0.3) is 0 Å². The Hall–Kier alpha value is -3.28. The third-order valence-corrected chi connectivity index (χ3v) is 10.1. The van der Waals surface area contributed by atoms with Crippen molar-refractivity contribution in [3.63, 3.8) is 0 Å². The number of nitrogens with zero attached hydrogens (tertiary/aromatic N) is 5. The molecule has 3 aromatic rings. The van der Waals surface area contributed by atoms with Gasteiger partial charge in [-0.2, -0.15) is 4.98 Å². The molecule has 1 amide bonds. The number of benzene rings is 2. The largest absolute Gasteiger partial charge is 0.375 e. The lowest BCUT2D eigenvalue weighted by Crippen LogP contribution is -2.49. The maximum Gasteiger partial charge on any atom is 0.350 e. The van der Waals surface area contributed by atoms with Crippen LogP contribution in [0.1, 0.15) is 18.0 Å². The van der Waals surface area contributed by atoms with Gasteiger partial charge < -0.3 is 14.5 Å². The number of likely N-dealkylation sites (tertiary alicyclic amines) is 1. The van der Waals surface area contributed by atoms with Crippen molar-refractivity contribution in [2.75, 3.05) is 56.5 Å². The summed E-state index contributed by atoms with van der Waals surface area (Å²) in [6.07, 6.45) is 2.59. The third-order valence-electron chi connectivity index (χ3n) is 8.85. The highest BCUT2D eigenvalue weighted by molar-refractivity contribution is 7.99.